The molecule has 0 amide bonds. The fourth-order valence-corrected chi connectivity index (χ4v) is 1.76. The lowest BCUT2D eigenvalue weighted by molar-refractivity contribution is -0.126. The van der Waals surface area contributed by atoms with Gasteiger partial charge >= 0.3 is 0 Å². The van der Waals surface area contributed by atoms with E-state index in [1.54, 1.807) is 6.92 Å². The van der Waals surface area contributed by atoms with E-state index in [-0.39, 0.29) is 0 Å². The minimum absolute atomic E-state index is 0.410. The molecule has 0 radical (unpaired) electrons. The maximum Gasteiger partial charge on any atom is 0.128 e. The third-order valence-corrected chi connectivity index (χ3v) is 2.30. The second-order valence-corrected chi connectivity index (χ2v) is 3.69. The molecule has 12 heavy (non-hydrogen) atoms. The fraction of sp³-hybridized carbons (Fsp3) is 0.889. The first-order chi connectivity index (χ1) is 5.68. The first-order valence-electron chi connectivity index (χ1n) is 4.41. The highest BCUT2D eigenvalue weighted by Crippen LogP contribution is 2.31. The van der Waals surface area contributed by atoms with Crippen molar-refractivity contribution in [3.05, 3.63) is 0 Å². The average molecular weight is 172 g/mol. The van der Waals surface area contributed by atoms with Gasteiger partial charge in [-0.05, 0) is 26.2 Å². The monoisotopic (exact) mass is 172 g/mol. The number of hydrogen-bond acceptors (Lipinski definition) is 3. The van der Waals surface area contributed by atoms with Crippen LogP contribution < -0.4 is 0 Å². The topological polar surface area (TPSA) is 46.5 Å². The Kier molecular flexibility index (Phi) is 3.23. The summed E-state index contributed by atoms with van der Waals surface area (Å²) in [6.07, 6.45) is 2.82. The maximum atomic E-state index is 10.8. The fourth-order valence-electron chi connectivity index (χ4n) is 1.76. The molecule has 1 heterocycles. The zero-order valence-electron chi connectivity index (χ0n) is 7.45. The summed E-state index contributed by atoms with van der Waals surface area (Å²) >= 11 is 0. The summed E-state index contributed by atoms with van der Waals surface area (Å²) in [5, 5.41) is 9.19. The summed E-state index contributed by atoms with van der Waals surface area (Å²) in [6.45, 7) is 2.93. The van der Waals surface area contributed by atoms with Gasteiger partial charge in [0.05, 0.1) is 18.1 Å². The molecule has 3 heteroatoms. The molecule has 1 aliphatic rings. The molecule has 1 aliphatic heterocycles. The molecule has 1 rings (SSSR count). The third kappa shape index (κ3) is 2.29. The van der Waals surface area contributed by atoms with Gasteiger partial charge in [0, 0.05) is 6.61 Å². The van der Waals surface area contributed by atoms with Gasteiger partial charge in [-0.2, -0.15) is 0 Å². The average Bonchev–Trinajstić information content (AvgIpc) is 2.05. The second kappa shape index (κ2) is 4.01. The molecule has 0 saturated carbocycles. The molecular weight excluding hydrogens is 156 g/mol. The van der Waals surface area contributed by atoms with Crippen LogP contribution in [0.2, 0.25) is 0 Å². The van der Waals surface area contributed by atoms with Gasteiger partial charge in [0.25, 0.3) is 0 Å². The van der Waals surface area contributed by atoms with Crippen molar-refractivity contribution in [2.24, 2.45) is 5.41 Å². The number of carbonyl (C=O) groups is 1. The zero-order chi connectivity index (χ0) is 9.03. The van der Waals surface area contributed by atoms with Crippen molar-refractivity contribution in [3.8, 4) is 0 Å². The molecule has 1 fully saturated rings. The Morgan fingerprint density at radius 3 is 2.92 bits per heavy atom. The Hall–Kier alpha value is -0.410. The summed E-state index contributed by atoms with van der Waals surface area (Å²) in [5.41, 5.74) is -0.410. The molecule has 0 bridgehead atoms. The standard InChI is InChI=1S/C9H16O3/c1-8(11)5-9(6-10)3-2-4-12-7-9/h6,8,11H,2-5,7H2,1H3. The maximum absolute atomic E-state index is 10.8. The summed E-state index contributed by atoms with van der Waals surface area (Å²) in [5.74, 6) is 0. The van der Waals surface area contributed by atoms with Crippen molar-refractivity contribution in [3.63, 3.8) is 0 Å². The van der Waals surface area contributed by atoms with E-state index < -0.39 is 11.5 Å². The molecule has 0 aromatic rings. The van der Waals surface area contributed by atoms with Crippen LogP contribution in [-0.4, -0.2) is 30.7 Å². The van der Waals surface area contributed by atoms with Crippen LogP contribution in [0.1, 0.15) is 26.2 Å². The van der Waals surface area contributed by atoms with Gasteiger partial charge in [-0.15, -0.1) is 0 Å². The molecule has 0 aromatic heterocycles. The van der Waals surface area contributed by atoms with Crippen LogP contribution in [-0.2, 0) is 9.53 Å². The van der Waals surface area contributed by atoms with Crippen LogP contribution in [0.4, 0.5) is 0 Å². The van der Waals surface area contributed by atoms with Crippen LogP contribution in [0.5, 0.6) is 0 Å². The molecule has 2 unspecified atom stereocenters. The highest BCUT2D eigenvalue weighted by atomic mass is 16.5. The van der Waals surface area contributed by atoms with Gasteiger partial charge in [0.1, 0.15) is 6.29 Å². The quantitative estimate of drug-likeness (QED) is 0.639. The number of aliphatic hydroxyl groups excluding tert-OH is 1. The highest BCUT2D eigenvalue weighted by Gasteiger charge is 2.33. The van der Waals surface area contributed by atoms with Crippen molar-refractivity contribution in [1.29, 1.82) is 0 Å². The molecule has 2 atom stereocenters. The summed E-state index contributed by atoms with van der Waals surface area (Å²) in [6, 6.07) is 0. The van der Waals surface area contributed by atoms with Crippen LogP contribution in [0.15, 0.2) is 0 Å². The van der Waals surface area contributed by atoms with E-state index in [1.807, 2.05) is 0 Å². The van der Waals surface area contributed by atoms with Crippen LogP contribution in [0, 0.1) is 5.41 Å². The van der Waals surface area contributed by atoms with Crippen molar-refractivity contribution >= 4 is 6.29 Å². The SMILES string of the molecule is CC(O)CC1(C=O)CCCOC1. The summed E-state index contributed by atoms with van der Waals surface area (Å²) in [7, 11) is 0. The Balaban J connectivity index is 2.53. The third-order valence-electron chi connectivity index (χ3n) is 2.30. The Bertz CT molecular complexity index is 148. The first kappa shape index (κ1) is 9.68. The number of ether oxygens (including phenoxy) is 1. The van der Waals surface area contributed by atoms with Crippen molar-refractivity contribution in [2.45, 2.75) is 32.3 Å². The number of aliphatic hydroxyl groups is 1. The van der Waals surface area contributed by atoms with Gasteiger partial charge in [-0.1, -0.05) is 0 Å². The van der Waals surface area contributed by atoms with Crippen LogP contribution in [0.3, 0.4) is 0 Å². The number of hydrogen-bond donors (Lipinski definition) is 1. The molecule has 0 spiro atoms. The Morgan fingerprint density at radius 1 is 1.75 bits per heavy atom. The van der Waals surface area contributed by atoms with Crippen LogP contribution in [0.25, 0.3) is 0 Å². The van der Waals surface area contributed by atoms with Gasteiger partial charge in [0.2, 0.25) is 0 Å². The molecule has 0 aliphatic carbocycles. The Labute approximate surface area is 72.7 Å². The van der Waals surface area contributed by atoms with Gasteiger partial charge in [-0.25, -0.2) is 0 Å². The number of aldehydes is 1. The lowest BCUT2D eigenvalue weighted by atomic mass is 9.79. The number of rotatable bonds is 3. The van der Waals surface area contributed by atoms with Crippen molar-refractivity contribution in [2.75, 3.05) is 13.2 Å². The minimum Gasteiger partial charge on any atom is -0.393 e. The van der Waals surface area contributed by atoms with E-state index in [9.17, 15) is 9.90 Å². The van der Waals surface area contributed by atoms with E-state index in [4.69, 9.17) is 4.74 Å². The summed E-state index contributed by atoms with van der Waals surface area (Å²) < 4.78 is 5.23. The molecule has 0 aromatic carbocycles. The van der Waals surface area contributed by atoms with E-state index >= 15 is 0 Å². The lowest BCUT2D eigenvalue weighted by Crippen LogP contribution is -2.36. The van der Waals surface area contributed by atoms with Gasteiger partial charge in [-0.3, -0.25) is 0 Å². The number of carbonyl (C=O) groups excluding carboxylic acids is 1. The lowest BCUT2D eigenvalue weighted by Gasteiger charge is -2.32. The molecular formula is C9H16O3. The largest absolute Gasteiger partial charge is 0.393 e. The van der Waals surface area contributed by atoms with Crippen LogP contribution >= 0.6 is 0 Å². The molecule has 1 N–H and O–H groups in total. The first-order valence-corrected chi connectivity index (χ1v) is 4.41. The predicted molar refractivity (Wildman–Crippen MR) is 44.8 cm³/mol. The highest BCUT2D eigenvalue weighted by molar-refractivity contribution is 5.59. The van der Waals surface area contributed by atoms with Crippen molar-refractivity contribution < 1.29 is 14.6 Å². The molecule has 1 saturated heterocycles. The smallest absolute Gasteiger partial charge is 0.128 e. The minimum atomic E-state index is -0.420. The van der Waals surface area contributed by atoms with E-state index in [1.165, 1.54) is 0 Å². The zero-order valence-corrected chi connectivity index (χ0v) is 7.45. The van der Waals surface area contributed by atoms with Gasteiger partial charge in [0.15, 0.2) is 0 Å². The van der Waals surface area contributed by atoms with Gasteiger partial charge < -0.3 is 14.6 Å². The normalized spacial score (nSPS) is 32.8. The molecule has 70 valence electrons. The Morgan fingerprint density at radius 2 is 2.50 bits per heavy atom. The van der Waals surface area contributed by atoms with E-state index in [0.717, 1.165) is 25.7 Å². The van der Waals surface area contributed by atoms with E-state index in [2.05, 4.69) is 0 Å². The van der Waals surface area contributed by atoms with Crippen molar-refractivity contribution in [1.82, 2.24) is 0 Å². The second-order valence-electron chi connectivity index (χ2n) is 3.69. The molecule has 3 nitrogen and oxygen atoms in total. The van der Waals surface area contributed by atoms with E-state index in [0.29, 0.717) is 13.0 Å². The predicted octanol–water partition coefficient (Wildman–Crippen LogP) is 0.753. The summed E-state index contributed by atoms with van der Waals surface area (Å²) in [4.78, 5) is 10.8.